The van der Waals surface area contributed by atoms with E-state index in [0.29, 0.717) is 32.6 Å². The molecule has 2 aromatic rings. The SMILES string of the molecule is COc1ccc(C)cc1CC(=O)N1CCN(C(=O)c2cc(C)[nH]c2C)CC1. The summed E-state index contributed by atoms with van der Waals surface area (Å²) in [6, 6.07) is 7.75. The van der Waals surface area contributed by atoms with Crippen LogP contribution in [0.2, 0.25) is 0 Å². The van der Waals surface area contributed by atoms with Crippen molar-refractivity contribution in [1.82, 2.24) is 14.8 Å². The fourth-order valence-corrected chi connectivity index (χ4v) is 3.60. The van der Waals surface area contributed by atoms with Crippen LogP contribution in [0.15, 0.2) is 24.3 Å². The standard InChI is InChI=1S/C21H27N3O3/c1-14-5-6-19(27-4)17(11-14)13-20(25)23-7-9-24(10-8-23)21(26)18-12-15(2)22-16(18)3/h5-6,11-12,22H,7-10,13H2,1-4H3. The summed E-state index contributed by atoms with van der Waals surface area (Å²) in [6.07, 6.45) is 0.314. The zero-order chi connectivity index (χ0) is 19.6. The number of hydrogen-bond acceptors (Lipinski definition) is 3. The molecule has 0 radical (unpaired) electrons. The van der Waals surface area contributed by atoms with E-state index in [-0.39, 0.29) is 11.8 Å². The molecule has 0 saturated carbocycles. The Labute approximate surface area is 160 Å². The monoisotopic (exact) mass is 369 g/mol. The Bertz CT molecular complexity index is 848. The number of rotatable bonds is 4. The van der Waals surface area contributed by atoms with Crippen LogP contribution in [-0.2, 0) is 11.2 Å². The highest BCUT2D eigenvalue weighted by molar-refractivity contribution is 5.95. The van der Waals surface area contributed by atoms with Crippen LogP contribution in [0.1, 0.15) is 32.9 Å². The van der Waals surface area contributed by atoms with E-state index in [1.165, 1.54) is 0 Å². The van der Waals surface area contributed by atoms with E-state index in [2.05, 4.69) is 4.98 Å². The Morgan fingerprint density at radius 1 is 1.04 bits per heavy atom. The molecule has 2 heterocycles. The van der Waals surface area contributed by atoms with Gasteiger partial charge in [0, 0.05) is 43.1 Å². The number of nitrogens with zero attached hydrogens (tertiary/aromatic N) is 2. The maximum absolute atomic E-state index is 12.7. The van der Waals surface area contributed by atoms with Crippen molar-refractivity contribution in [2.75, 3.05) is 33.3 Å². The number of H-pyrrole nitrogens is 1. The molecule has 0 bridgehead atoms. The van der Waals surface area contributed by atoms with Crippen molar-refractivity contribution in [3.8, 4) is 5.75 Å². The first-order valence-corrected chi connectivity index (χ1v) is 9.26. The van der Waals surface area contributed by atoms with Crippen LogP contribution >= 0.6 is 0 Å². The van der Waals surface area contributed by atoms with Gasteiger partial charge in [-0.25, -0.2) is 0 Å². The number of aromatic amines is 1. The van der Waals surface area contributed by atoms with E-state index in [0.717, 1.165) is 33.8 Å². The molecule has 0 spiro atoms. The van der Waals surface area contributed by atoms with Gasteiger partial charge in [-0.15, -0.1) is 0 Å². The van der Waals surface area contributed by atoms with Gasteiger partial charge in [-0.05, 0) is 32.9 Å². The Balaban J connectivity index is 1.60. The maximum atomic E-state index is 12.7. The van der Waals surface area contributed by atoms with Gasteiger partial charge in [0.2, 0.25) is 5.91 Å². The molecule has 27 heavy (non-hydrogen) atoms. The van der Waals surface area contributed by atoms with Gasteiger partial charge in [0.15, 0.2) is 0 Å². The van der Waals surface area contributed by atoms with Gasteiger partial charge >= 0.3 is 0 Å². The number of amides is 2. The van der Waals surface area contributed by atoms with Crippen LogP contribution in [0.25, 0.3) is 0 Å². The minimum Gasteiger partial charge on any atom is -0.496 e. The summed E-state index contributed by atoms with van der Waals surface area (Å²) in [5.74, 6) is 0.838. The smallest absolute Gasteiger partial charge is 0.255 e. The lowest BCUT2D eigenvalue weighted by atomic mass is 10.1. The van der Waals surface area contributed by atoms with Gasteiger partial charge in [0.05, 0.1) is 19.1 Å². The number of aromatic nitrogens is 1. The molecule has 1 aromatic carbocycles. The first-order valence-electron chi connectivity index (χ1n) is 9.26. The number of hydrogen-bond donors (Lipinski definition) is 1. The Kier molecular flexibility index (Phi) is 5.54. The molecular formula is C21H27N3O3. The number of ether oxygens (including phenoxy) is 1. The first-order chi connectivity index (χ1) is 12.9. The summed E-state index contributed by atoms with van der Waals surface area (Å²) in [5.41, 5.74) is 4.60. The van der Waals surface area contributed by atoms with Gasteiger partial charge < -0.3 is 19.5 Å². The van der Waals surface area contributed by atoms with Gasteiger partial charge in [0.25, 0.3) is 5.91 Å². The molecule has 0 aliphatic carbocycles. The molecule has 1 aliphatic rings. The molecule has 6 nitrogen and oxygen atoms in total. The third kappa shape index (κ3) is 4.15. The van der Waals surface area contributed by atoms with E-state index in [1.54, 1.807) is 7.11 Å². The number of carbonyl (C=O) groups excluding carboxylic acids is 2. The van der Waals surface area contributed by atoms with Gasteiger partial charge in [-0.1, -0.05) is 17.7 Å². The highest BCUT2D eigenvalue weighted by Crippen LogP contribution is 2.21. The molecule has 1 aliphatic heterocycles. The summed E-state index contributed by atoms with van der Waals surface area (Å²) in [6.45, 7) is 8.08. The van der Waals surface area contributed by atoms with Crippen molar-refractivity contribution in [3.05, 3.63) is 52.3 Å². The van der Waals surface area contributed by atoms with Crippen molar-refractivity contribution in [1.29, 1.82) is 0 Å². The maximum Gasteiger partial charge on any atom is 0.255 e. The first kappa shape index (κ1) is 19.0. The lowest BCUT2D eigenvalue weighted by molar-refractivity contribution is -0.131. The highest BCUT2D eigenvalue weighted by atomic mass is 16.5. The third-order valence-electron chi connectivity index (χ3n) is 5.08. The van der Waals surface area contributed by atoms with Gasteiger partial charge in [0.1, 0.15) is 5.75 Å². The van der Waals surface area contributed by atoms with Crippen LogP contribution in [0.5, 0.6) is 5.75 Å². The van der Waals surface area contributed by atoms with Crippen molar-refractivity contribution in [2.45, 2.75) is 27.2 Å². The fourth-order valence-electron chi connectivity index (χ4n) is 3.60. The van der Waals surface area contributed by atoms with Gasteiger partial charge in [-0.2, -0.15) is 0 Å². The summed E-state index contributed by atoms with van der Waals surface area (Å²) in [5, 5.41) is 0. The topological polar surface area (TPSA) is 65.6 Å². The summed E-state index contributed by atoms with van der Waals surface area (Å²) < 4.78 is 5.37. The number of aryl methyl sites for hydroxylation is 3. The van der Waals surface area contributed by atoms with Crippen molar-refractivity contribution in [2.24, 2.45) is 0 Å². The van der Waals surface area contributed by atoms with E-state index in [9.17, 15) is 9.59 Å². The molecular weight excluding hydrogens is 342 g/mol. The van der Waals surface area contributed by atoms with E-state index >= 15 is 0 Å². The van der Waals surface area contributed by atoms with Crippen molar-refractivity contribution in [3.63, 3.8) is 0 Å². The Morgan fingerprint density at radius 2 is 1.70 bits per heavy atom. The number of carbonyl (C=O) groups is 2. The molecule has 144 valence electrons. The number of methoxy groups -OCH3 is 1. The minimum atomic E-state index is 0.0318. The number of benzene rings is 1. The minimum absolute atomic E-state index is 0.0318. The quantitative estimate of drug-likeness (QED) is 0.900. The second-order valence-electron chi connectivity index (χ2n) is 7.16. The zero-order valence-electron chi connectivity index (χ0n) is 16.5. The molecule has 6 heteroatoms. The predicted molar refractivity (Wildman–Crippen MR) is 104 cm³/mol. The zero-order valence-corrected chi connectivity index (χ0v) is 16.5. The second kappa shape index (κ2) is 7.86. The summed E-state index contributed by atoms with van der Waals surface area (Å²) in [4.78, 5) is 32.3. The third-order valence-corrected chi connectivity index (χ3v) is 5.08. The van der Waals surface area contributed by atoms with Crippen LogP contribution in [0.3, 0.4) is 0 Å². The van der Waals surface area contributed by atoms with Crippen LogP contribution in [-0.4, -0.2) is 59.9 Å². The molecule has 1 N–H and O–H groups in total. The van der Waals surface area contributed by atoms with E-state index in [4.69, 9.17) is 4.74 Å². The Morgan fingerprint density at radius 3 is 2.30 bits per heavy atom. The molecule has 0 atom stereocenters. The molecule has 1 fully saturated rings. The lowest BCUT2D eigenvalue weighted by Crippen LogP contribution is -2.51. The molecule has 2 amide bonds. The van der Waals surface area contributed by atoms with Crippen molar-refractivity contribution >= 4 is 11.8 Å². The van der Waals surface area contributed by atoms with E-state index in [1.807, 2.05) is 54.8 Å². The number of piperazine rings is 1. The lowest BCUT2D eigenvalue weighted by Gasteiger charge is -2.35. The van der Waals surface area contributed by atoms with E-state index < -0.39 is 0 Å². The molecule has 3 rings (SSSR count). The van der Waals surface area contributed by atoms with Crippen molar-refractivity contribution < 1.29 is 14.3 Å². The molecule has 1 aromatic heterocycles. The predicted octanol–water partition coefficient (Wildman–Crippen LogP) is 2.48. The fraction of sp³-hybridized carbons (Fsp3) is 0.429. The average molecular weight is 369 g/mol. The highest BCUT2D eigenvalue weighted by Gasteiger charge is 2.26. The molecule has 1 saturated heterocycles. The average Bonchev–Trinajstić information content (AvgIpc) is 2.99. The van der Waals surface area contributed by atoms with Crippen LogP contribution in [0.4, 0.5) is 0 Å². The Hall–Kier alpha value is -2.76. The summed E-state index contributed by atoms with van der Waals surface area (Å²) >= 11 is 0. The normalized spacial score (nSPS) is 14.4. The second-order valence-corrected chi connectivity index (χ2v) is 7.16. The summed E-state index contributed by atoms with van der Waals surface area (Å²) in [7, 11) is 1.62. The van der Waals surface area contributed by atoms with Crippen LogP contribution in [0, 0.1) is 20.8 Å². The molecule has 0 unspecified atom stereocenters. The van der Waals surface area contributed by atoms with Gasteiger partial charge in [-0.3, -0.25) is 9.59 Å². The number of nitrogens with one attached hydrogen (secondary N) is 1. The largest absolute Gasteiger partial charge is 0.496 e. The van der Waals surface area contributed by atoms with Crippen LogP contribution < -0.4 is 4.74 Å².